The Labute approximate surface area is 86.9 Å². The van der Waals surface area contributed by atoms with Crippen LogP contribution in [0.15, 0.2) is 0 Å². The largest absolute Gasteiger partial charge is 0.340 e. The predicted octanol–water partition coefficient (Wildman–Crippen LogP) is 1.39. The summed E-state index contributed by atoms with van der Waals surface area (Å²) in [5.41, 5.74) is 0. The summed E-state index contributed by atoms with van der Waals surface area (Å²) < 4.78 is 0. The number of carbonyl (C=O) groups excluding carboxylic acids is 1. The topological polar surface area (TPSA) is 32.3 Å². The van der Waals surface area contributed by atoms with Crippen LogP contribution in [-0.2, 0) is 4.79 Å². The highest BCUT2D eigenvalue weighted by Crippen LogP contribution is 2.08. The van der Waals surface area contributed by atoms with E-state index >= 15 is 0 Å². The third-order valence-electron chi connectivity index (χ3n) is 2.95. The van der Waals surface area contributed by atoms with Crippen LogP contribution < -0.4 is 5.32 Å². The van der Waals surface area contributed by atoms with Gasteiger partial charge in [0.1, 0.15) is 0 Å². The van der Waals surface area contributed by atoms with Crippen molar-refractivity contribution in [1.29, 1.82) is 0 Å². The Morgan fingerprint density at radius 1 is 1.36 bits per heavy atom. The quantitative estimate of drug-likeness (QED) is 0.654. The van der Waals surface area contributed by atoms with E-state index in [0.29, 0.717) is 11.9 Å². The third-order valence-corrected chi connectivity index (χ3v) is 2.95. The lowest BCUT2D eigenvalue weighted by molar-refractivity contribution is -0.133. The summed E-state index contributed by atoms with van der Waals surface area (Å²) in [5, 5.41) is 3.18. The molecule has 3 heteroatoms. The monoisotopic (exact) mass is 198 g/mol. The van der Waals surface area contributed by atoms with E-state index in [9.17, 15) is 4.79 Å². The second kappa shape index (κ2) is 6.02. The van der Waals surface area contributed by atoms with Crippen molar-refractivity contribution in [1.82, 2.24) is 10.2 Å². The number of amides is 1. The first-order valence-corrected chi connectivity index (χ1v) is 5.72. The molecule has 0 unspecified atom stereocenters. The lowest BCUT2D eigenvalue weighted by Gasteiger charge is -2.35. The van der Waals surface area contributed by atoms with Crippen LogP contribution >= 0.6 is 0 Å². The molecule has 0 bridgehead atoms. The number of rotatable bonds is 6. The number of carbonyl (C=O) groups is 1. The molecule has 14 heavy (non-hydrogen) atoms. The van der Waals surface area contributed by atoms with Crippen LogP contribution in [0.5, 0.6) is 0 Å². The number of nitrogens with zero attached hydrogens (tertiary/aromatic N) is 1. The summed E-state index contributed by atoms with van der Waals surface area (Å²) in [7, 11) is 1.92. The molecule has 1 aliphatic heterocycles. The van der Waals surface area contributed by atoms with E-state index < -0.39 is 0 Å². The van der Waals surface area contributed by atoms with Crippen molar-refractivity contribution in [2.75, 3.05) is 20.1 Å². The first-order chi connectivity index (χ1) is 6.75. The van der Waals surface area contributed by atoms with E-state index in [1.54, 1.807) is 0 Å². The predicted molar refractivity (Wildman–Crippen MR) is 58.2 cm³/mol. The Bertz CT molecular complexity index is 178. The van der Waals surface area contributed by atoms with Gasteiger partial charge in [0.15, 0.2) is 0 Å². The zero-order valence-corrected chi connectivity index (χ0v) is 9.38. The van der Waals surface area contributed by atoms with Gasteiger partial charge in [0.25, 0.3) is 0 Å². The molecule has 1 rings (SSSR count). The maximum absolute atomic E-state index is 11.6. The Hall–Kier alpha value is -0.570. The fourth-order valence-corrected chi connectivity index (χ4v) is 1.63. The zero-order chi connectivity index (χ0) is 10.4. The summed E-state index contributed by atoms with van der Waals surface area (Å²) in [6.07, 6.45) is 5.46. The zero-order valence-electron chi connectivity index (χ0n) is 9.38. The fraction of sp³-hybridized carbons (Fsp3) is 0.909. The van der Waals surface area contributed by atoms with Gasteiger partial charge < -0.3 is 10.2 Å². The van der Waals surface area contributed by atoms with Crippen molar-refractivity contribution in [2.24, 2.45) is 0 Å². The molecule has 1 saturated heterocycles. The number of nitrogens with one attached hydrogen (secondary N) is 1. The Morgan fingerprint density at radius 2 is 2.07 bits per heavy atom. The first kappa shape index (κ1) is 11.5. The van der Waals surface area contributed by atoms with Crippen LogP contribution in [0.3, 0.4) is 0 Å². The minimum Gasteiger partial charge on any atom is -0.340 e. The molecule has 1 aliphatic rings. The first-order valence-electron chi connectivity index (χ1n) is 5.72. The van der Waals surface area contributed by atoms with E-state index in [0.717, 1.165) is 25.9 Å². The molecule has 0 radical (unpaired) electrons. The van der Waals surface area contributed by atoms with Crippen LogP contribution in [-0.4, -0.2) is 37.0 Å². The van der Waals surface area contributed by atoms with Crippen LogP contribution in [0.2, 0.25) is 0 Å². The number of likely N-dealkylation sites (N-methyl/N-ethyl adjacent to an activating group) is 1. The molecule has 1 fully saturated rings. The van der Waals surface area contributed by atoms with Gasteiger partial charge in [0.05, 0.1) is 6.04 Å². The number of hydrogen-bond acceptors (Lipinski definition) is 2. The van der Waals surface area contributed by atoms with Gasteiger partial charge in [-0.25, -0.2) is 0 Å². The Balaban J connectivity index is 2.07. The van der Waals surface area contributed by atoms with E-state index in [-0.39, 0.29) is 0 Å². The molecule has 1 heterocycles. The molecule has 82 valence electrons. The van der Waals surface area contributed by atoms with Gasteiger partial charge >= 0.3 is 0 Å². The number of hydrogen-bond donors (Lipinski definition) is 1. The van der Waals surface area contributed by atoms with Crippen LogP contribution in [0, 0.1) is 0 Å². The minimum atomic E-state index is 0.313. The van der Waals surface area contributed by atoms with Gasteiger partial charge in [-0.15, -0.1) is 0 Å². The molecular formula is C11H22N2O. The molecule has 1 amide bonds. The van der Waals surface area contributed by atoms with Crippen molar-refractivity contribution < 1.29 is 4.79 Å². The van der Waals surface area contributed by atoms with E-state index in [2.05, 4.69) is 12.2 Å². The van der Waals surface area contributed by atoms with Crippen molar-refractivity contribution in [3.05, 3.63) is 0 Å². The molecule has 0 saturated carbocycles. The smallest absolute Gasteiger partial charge is 0.222 e. The van der Waals surface area contributed by atoms with Crippen molar-refractivity contribution >= 4 is 5.91 Å². The van der Waals surface area contributed by atoms with Crippen molar-refractivity contribution in [3.8, 4) is 0 Å². The molecule has 0 aromatic heterocycles. The fourth-order valence-electron chi connectivity index (χ4n) is 1.63. The average Bonchev–Trinajstić information content (AvgIpc) is 2.09. The molecule has 0 atom stereocenters. The molecule has 3 nitrogen and oxygen atoms in total. The van der Waals surface area contributed by atoms with Crippen molar-refractivity contribution in [2.45, 2.75) is 45.1 Å². The van der Waals surface area contributed by atoms with Crippen LogP contribution in [0.25, 0.3) is 0 Å². The Kier molecular flexibility index (Phi) is 4.94. The van der Waals surface area contributed by atoms with E-state index in [1.807, 2.05) is 11.9 Å². The minimum absolute atomic E-state index is 0.313. The molecule has 0 spiro atoms. The molecule has 1 N–H and O–H groups in total. The van der Waals surface area contributed by atoms with Crippen LogP contribution in [0.1, 0.15) is 39.0 Å². The highest BCUT2D eigenvalue weighted by atomic mass is 16.2. The SMILES string of the molecule is CCCCCCC(=O)N(C)C1CNC1. The van der Waals surface area contributed by atoms with Gasteiger partial charge in [-0.2, -0.15) is 0 Å². The molecule has 0 aromatic carbocycles. The standard InChI is InChI=1S/C11H22N2O/c1-3-4-5-6-7-11(14)13(2)10-8-12-9-10/h10,12H,3-9H2,1-2H3. The second-order valence-corrected chi connectivity index (χ2v) is 4.13. The van der Waals surface area contributed by atoms with Gasteiger partial charge in [-0.3, -0.25) is 4.79 Å². The third kappa shape index (κ3) is 3.29. The summed E-state index contributed by atoms with van der Waals surface area (Å²) in [6, 6.07) is 0.452. The molecular weight excluding hydrogens is 176 g/mol. The summed E-state index contributed by atoms with van der Waals surface area (Å²) in [6.45, 7) is 4.13. The highest BCUT2D eigenvalue weighted by Gasteiger charge is 2.24. The number of unbranched alkanes of at least 4 members (excludes halogenated alkanes) is 3. The van der Waals surface area contributed by atoms with Gasteiger partial charge in [-0.05, 0) is 6.42 Å². The lowest BCUT2D eigenvalue weighted by atomic mass is 10.1. The highest BCUT2D eigenvalue weighted by molar-refractivity contribution is 5.76. The maximum Gasteiger partial charge on any atom is 0.222 e. The lowest BCUT2D eigenvalue weighted by Crippen LogP contribution is -2.57. The van der Waals surface area contributed by atoms with E-state index in [1.165, 1.54) is 19.3 Å². The van der Waals surface area contributed by atoms with E-state index in [4.69, 9.17) is 0 Å². The summed E-state index contributed by atoms with van der Waals surface area (Å²) in [5.74, 6) is 0.313. The maximum atomic E-state index is 11.6. The molecule has 0 aromatic rings. The van der Waals surface area contributed by atoms with Crippen molar-refractivity contribution in [3.63, 3.8) is 0 Å². The molecule has 0 aliphatic carbocycles. The average molecular weight is 198 g/mol. The van der Waals surface area contributed by atoms with Gasteiger partial charge in [0, 0.05) is 26.6 Å². The van der Waals surface area contributed by atoms with Gasteiger partial charge in [0.2, 0.25) is 5.91 Å². The summed E-state index contributed by atoms with van der Waals surface area (Å²) >= 11 is 0. The van der Waals surface area contributed by atoms with Crippen LogP contribution in [0.4, 0.5) is 0 Å². The normalized spacial score (nSPS) is 16.4. The Morgan fingerprint density at radius 3 is 2.57 bits per heavy atom. The van der Waals surface area contributed by atoms with Gasteiger partial charge in [-0.1, -0.05) is 26.2 Å². The summed E-state index contributed by atoms with van der Waals surface area (Å²) in [4.78, 5) is 13.5. The second-order valence-electron chi connectivity index (χ2n) is 4.13.